The second-order valence-electron chi connectivity index (χ2n) is 12.9. The average Bonchev–Trinajstić information content (AvgIpc) is 3.00. The number of rotatable bonds is 0. The Labute approximate surface area is 225 Å². The van der Waals surface area contributed by atoms with Crippen molar-refractivity contribution in [3.63, 3.8) is 0 Å². The van der Waals surface area contributed by atoms with E-state index in [1.807, 2.05) is 11.1 Å². The van der Waals surface area contributed by atoms with Crippen molar-refractivity contribution in [3.05, 3.63) is 153 Å². The Morgan fingerprint density at radius 2 is 0.658 bits per heavy atom. The first-order valence-electron chi connectivity index (χ1n) is 15.0. The smallest absolute Gasteiger partial charge is 0.0311 e. The fraction of sp³-hybridized carbons (Fsp3) is 0.316. The second kappa shape index (κ2) is 7.17. The number of fused-ring (bicyclic) bond motifs is 1. The average molecular weight is 489 g/mol. The van der Waals surface area contributed by atoms with Gasteiger partial charge in [-0.3, -0.25) is 0 Å². The standard InChI is InChI=1S/C38H32/c1-5-15-25-21(11-1)31-22-12-2-6-16-26(22)33(25)37-35(31)29-19-9-10-20-30(29)36-32-23-13-3-7-17-27(23)34(38(36)37)28-18-8-4-14-24(28)32/h1-8,11-18,29-36H,9-10,19-20H2/t29-,30-,31?,32?,33?,34?,35+,36+/m1/s1. The van der Waals surface area contributed by atoms with E-state index in [1.165, 1.54) is 25.7 Å². The molecule has 4 bridgehead atoms. The van der Waals surface area contributed by atoms with Crippen molar-refractivity contribution in [2.45, 2.75) is 49.4 Å². The predicted molar refractivity (Wildman–Crippen MR) is 153 cm³/mol. The summed E-state index contributed by atoms with van der Waals surface area (Å²) in [5, 5.41) is 0. The summed E-state index contributed by atoms with van der Waals surface area (Å²) in [5.74, 6) is 4.84. The Kier molecular flexibility index (Phi) is 3.88. The summed E-state index contributed by atoms with van der Waals surface area (Å²) in [6.45, 7) is 0. The van der Waals surface area contributed by atoms with Crippen molar-refractivity contribution in [1.82, 2.24) is 0 Å². The maximum absolute atomic E-state index is 2.48. The molecule has 4 aromatic rings. The Balaban J connectivity index is 1.36. The number of hydrogen-bond acceptors (Lipinski definition) is 0. The minimum absolute atomic E-state index is 0.427. The van der Waals surface area contributed by atoms with E-state index in [2.05, 4.69) is 97.1 Å². The summed E-state index contributed by atoms with van der Waals surface area (Å²) in [4.78, 5) is 0. The van der Waals surface area contributed by atoms with E-state index in [0.29, 0.717) is 35.5 Å². The van der Waals surface area contributed by atoms with Crippen LogP contribution in [0.25, 0.3) is 0 Å². The van der Waals surface area contributed by atoms with Crippen LogP contribution in [0.4, 0.5) is 0 Å². The summed E-state index contributed by atoms with van der Waals surface area (Å²) in [6, 6.07) is 38.2. The number of benzene rings is 4. The van der Waals surface area contributed by atoms with Gasteiger partial charge in [0, 0.05) is 23.7 Å². The molecule has 1 saturated carbocycles. The highest BCUT2D eigenvalue weighted by Gasteiger charge is 2.61. The SMILES string of the molecule is c1ccc2c(c1)C1C3=C4C5c6ccccc6C(c6ccccc65)[C@@H]4[C@@H]4CCCC[C@H]4[C@H]3C2c2ccccc21. The first-order valence-corrected chi connectivity index (χ1v) is 15.0. The van der Waals surface area contributed by atoms with Crippen LogP contribution < -0.4 is 0 Å². The zero-order chi connectivity index (χ0) is 24.5. The summed E-state index contributed by atoms with van der Waals surface area (Å²) >= 11 is 0. The zero-order valence-corrected chi connectivity index (χ0v) is 21.7. The number of hydrogen-bond donors (Lipinski definition) is 0. The summed E-state index contributed by atoms with van der Waals surface area (Å²) in [6.07, 6.45) is 5.65. The molecule has 4 aromatic carbocycles. The fourth-order valence-corrected chi connectivity index (χ4v) is 10.8. The zero-order valence-electron chi connectivity index (χ0n) is 21.7. The van der Waals surface area contributed by atoms with Crippen LogP contribution in [0.2, 0.25) is 0 Å². The Hall–Kier alpha value is -3.38. The van der Waals surface area contributed by atoms with Crippen LogP contribution in [0.3, 0.4) is 0 Å². The van der Waals surface area contributed by atoms with Crippen LogP contribution >= 0.6 is 0 Å². The molecule has 4 atom stereocenters. The molecule has 0 aromatic heterocycles. The van der Waals surface area contributed by atoms with Crippen molar-refractivity contribution in [1.29, 1.82) is 0 Å². The molecule has 0 saturated heterocycles. The molecule has 0 spiro atoms. The first-order chi connectivity index (χ1) is 18.9. The van der Waals surface area contributed by atoms with Crippen LogP contribution in [0.1, 0.15) is 93.9 Å². The summed E-state index contributed by atoms with van der Waals surface area (Å²) in [5.41, 5.74) is 16.7. The van der Waals surface area contributed by atoms with Crippen LogP contribution in [-0.2, 0) is 0 Å². The van der Waals surface area contributed by atoms with Crippen molar-refractivity contribution in [2.75, 3.05) is 0 Å². The molecular weight excluding hydrogens is 456 g/mol. The molecule has 0 amide bonds. The van der Waals surface area contributed by atoms with Gasteiger partial charge in [-0.05, 0) is 81.0 Å². The monoisotopic (exact) mass is 488 g/mol. The molecule has 184 valence electrons. The maximum Gasteiger partial charge on any atom is 0.0311 e. The molecule has 8 aliphatic rings. The Morgan fingerprint density at radius 1 is 0.368 bits per heavy atom. The van der Waals surface area contributed by atoms with Crippen LogP contribution in [-0.4, -0.2) is 0 Å². The molecule has 0 unspecified atom stereocenters. The van der Waals surface area contributed by atoms with Gasteiger partial charge in [0.25, 0.3) is 0 Å². The third-order valence-electron chi connectivity index (χ3n) is 11.8. The van der Waals surface area contributed by atoms with Gasteiger partial charge in [0.05, 0.1) is 0 Å². The molecule has 1 fully saturated rings. The van der Waals surface area contributed by atoms with Gasteiger partial charge in [0.2, 0.25) is 0 Å². The second-order valence-corrected chi connectivity index (χ2v) is 12.9. The largest absolute Gasteiger partial charge is 0.0620 e. The Morgan fingerprint density at radius 3 is 0.974 bits per heavy atom. The molecule has 38 heavy (non-hydrogen) atoms. The van der Waals surface area contributed by atoms with Gasteiger partial charge in [-0.2, -0.15) is 0 Å². The lowest BCUT2D eigenvalue weighted by atomic mass is 9.41. The molecule has 12 rings (SSSR count). The topological polar surface area (TPSA) is 0 Å². The first kappa shape index (κ1) is 20.6. The van der Waals surface area contributed by atoms with Gasteiger partial charge in [-0.1, -0.05) is 121 Å². The van der Waals surface area contributed by atoms with Crippen LogP contribution in [0, 0.1) is 23.7 Å². The van der Waals surface area contributed by atoms with Crippen molar-refractivity contribution >= 4 is 0 Å². The molecule has 0 heterocycles. The van der Waals surface area contributed by atoms with Gasteiger partial charge in [-0.15, -0.1) is 0 Å². The summed E-state index contributed by atoms with van der Waals surface area (Å²) < 4.78 is 0. The third kappa shape index (κ3) is 2.28. The number of allylic oxidation sites excluding steroid dienone is 2. The highest BCUT2D eigenvalue weighted by molar-refractivity contribution is 5.70. The highest BCUT2D eigenvalue weighted by atomic mass is 14.6. The highest BCUT2D eigenvalue weighted by Crippen LogP contribution is 2.72. The van der Waals surface area contributed by atoms with E-state index >= 15 is 0 Å². The van der Waals surface area contributed by atoms with E-state index in [-0.39, 0.29) is 0 Å². The predicted octanol–water partition coefficient (Wildman–Crippen LogP) is 8.92. The molecule has 0 heteroatoms. The van der Waals surface area contributed by atoms with E-state index < -0.39 is 0 Å². The molecule has 0 radical (unpaired) electrons. The fourth-order valence-electron chi connectivity index (χ4n) is 10.8. The van der Waals surface area contributed by atoms with E-state index in [0.717, 1.165) is 11.8 Å². The lowest BCUT2D eigenvalue weighted by molar-refractivity contribution is 0.0815. The minimum atomic E-state index is 0.427. The Bertz CT molecular complexity index is 1470. The van der Waals surface area contributed by atoms with Gasteiger partial charge in [0.1, 0.15) is 0 Å². The van der Waals surface area contributed by atoms with Crippen molar-refractivity contribution in [3.8, 4) is 0 Å². The van der Waals surface area contributed by atoms with Gasteiger partial charge >= 0.3 is 0 Å². The molecule has 0 aliphatic heterocycles. The van der Waals surface area contributed by atoms with E-state index in [4.69, 9.17) is 0 Å². The van der Waals surface area contributed by atoms with Crippen molar-refractivity contribution < 1.29 is 0 Å². The van der Waals surface area contributed by atoms with E-state index in [9.17, 15) is 0 Å². The summed E-state index contributed by atoms with van der Waals surface area (Å²) in [7, 11) is 0. The normalized spacial score (nSPS) is 34.3. The van der Waals surface area contributed by atoms with Gasteiger partial charge in [0.15, 0.2) is 0 Å². The van der Waals surface area contributed by atoms with E-state index in [1.54, 1.807) is 44.5 Å². The van der Waals surface area contributed by atoms with Crippen LogP contribution in [0.5, 0.6) is 0 Å². The van der Waals surface area contributed by atoms with Crippen molar-refractivity contribution in [2.24, 2.45) is 23.7 Å². The lowest BCUT2D eigenvalue weighted by Crippen LogP contribution is -2.52. The minimum Gasteiger partial charge on any atom is -0.0620 e. The molecule has 0 N–H and O–H groups in total. The van der Waals surface area contributed by atoms with Gasteiger partial charge in [-0.25, -0.2) is 0 Å². The third-order valence-corrected chi connectivity index (χ3v) is 11.8. The molecular formula is C38H32. The van der Waals surface area contributed by atoms with Crippen LogP contribution in [0.15, 0.2) is 108 Å². The quantitative estimate of drug-likeness (QED) is 0.217. The lowest BCUT2D eigenvalue weighted by Gasteiger charge is -2.62. The maximum atomic E-state index is 2.48. The molecule has 0 nitrogen and oxygen atoms in total. The van der Waals surface area contributed by atoms with Gasteiger partial charge < -0.3 is 0 Å². The molecule has 8 aliphatic carbocycles.